The van der Waals surface area contributed by atoms with Crippen LogP contribution in [-0.4, -0.2) is 6.54 Å². The van der Waals surface area contributed by atoms with Crippen LogP contribution >= 0.6 is 15.9 Å². The van der Waals surface area contributed by atoms with E-state index in [4.69, 9.17) is 5.73 Å². The molecule has 0 spiro atoms. The quantitative estimate of drug-likeness (QED) is 0.903. The van der Waals surface area contributed by atoms with Crippen LogP contribution in [0.2, 0.25) is 0 Å². The van der Waals surface area contributed by atoms with Crippen LogP contribution in [0.3, 0.4) is 0 Å². The van der Waals surface area contributed by atoms with Crippen molar-refractivity contribution in [1.82, 2.24) is 0 Å². The first-order valence-corrected chi connectivity index (χ1v) is 6.79. The van der Waals surface area contributed by atoms with Crippen molar-refractivity contribution in [2.24, 2.45) is 5.73 Å². The number of hydrogen-bond acceptors (Lipinski definition) is 1. The third-order valence-corrected chi connectivity index (χ3v) is 3.65. The van der Waals surface area contributed by atoms with Gasteiger partial charge in [-0.1, -0.05) is 40.2 Å². The van der Waals surface area contributed by atoms with Gasteiger partial charge in [-0.2, -0.15) is 0 Å². The molecule has 0 aliphatic rings. The van der Waals surface area contributed by atoms with Crippen LogP contribution in [0, 0.1) is 11.6 Å². The summed E-state index contributed by atoms with van der Waals surface area (Å²) in [6, 6.07) is 12.0. The van der Waals surface area contributed by atoms with Crippen molar-refractivity contribution in [3.05, 3.63) is 69.7 Å². The molecule has 0 saturated carbocycles. The number of hydrogen-bond donors (Lipinski definition) is 1. The number of nitrogens with two attached hydrogens (primary N) is 1. The summed E-state index contributed by atoms with van der Waals surface area (Å²) < 4.78 is 27.8. The summed E-state index contributed by atoms with van der Waals surface area (Å²) in [7, 11) is 0. The van der Waals surface area contributed by atoms with Gasteiger partial charge >= 0.3 is 0 Å². The van der Waals surface area contributed by atoms with Crippen LogP contribution in [0.4, 0.5) is 8.78 Å². The molecule has 0 aliphatic heterocycles. The van der Waals surface area contributed by atoms with Crippen molar-refractivity contribution in [2.45, 2.75) is 12.3 Å². The molecule has 0 saturated heterocycles. The van der Waals surface area contributed by atoms with Crippen LogP contribution in [0.25, 0.3) is 0 Å². The number of benzene rings is 2. The van der Waals surface area contributed by atoms with E-state index in [1.807, 2.05) is 24.3 Å². The van der Waals surface area contributed by atoms with Gasteiger partial charge in [-0.3, -0.25) is 0 Å². The second-order valence-corrected chi connectivity index (χ2v) is 5.32. The fourth-order valence-corrected chi connectivity index (χ4v) is 2.31. The first-order valence-electron chi connectivity index (χ1n) is 6.00. The van der Waals surface area contributed by atoms with E-state index >= 15 is 0 Å². The average Bonchev–Trinajstić information content (AvgIpc) is 2.42. The molecule has 1 atom stereocenters. The molecule has 0 heterocycles. The van der Waals surface area contributed by atoms with E-state index < -0.39 is 11.6 Å². The SMILES string of the molecule is NCC(Cc1cccc(F)c1F)c1ccc(Br)cc1. The smallest absolute Gasteiger partial charge is 0.162 e. The van der Waals surface area contributed by atoms with Gasteiger partial charge in [0.05, 0.1) is 0 Å². The van der Waals surface area contributed by atoms with E-state index in [0.29, 0.717) is 18.5 Å². The molecule has 2 N–H and O–H groups in total. The minimum absolute atomic E-state index is 0.0237. The Morgan fingerprint density at radius 3 is 2.37 bits per heavy atom. The van der Waals surface area contributed by atoms with E-state index in [-0.39, 0.29) is 5.92 Å². The monoisotopic (exact) mass is 325 g/mol. The molecule has 2 aromatic rings. The topological polar surface area (TPSA) is 26.0 Å². The van der Waals surface area contributed by atoms with E-state index in [1.165, 1.54) is 6.07 Å². The van der Waals surface area contributed by atoms with Gasteiger partial charge in [0.2, 0.25) is 0 Å². The average molecular weight is 326 g/mol. The maximum atomic E-state index is 13.7. The van der Waals surface area contributed by atoms with Crippen molar-refractivity contribution < 1.29 is 8.78 Å². The largest absolute Gasteiger partial charge is 0.330 e. The lowest BCUT2D eigenvalue weighted by Gasteiger charge is -2.16. The molecule has 1 unspecified atom stereocenters. The highest BCUT2D eigenvalue weighted by Gasteiger charge is 2.15. The van der Waals surface area contributed by atoms with E-state index in [2.05, 4.69) is 15.9 Å². The lowest BCUT2D eigenvalue weighted by molar-refractivity contribution is 0.493. The molecular weight excluding hydrogens is 312 g/mol. The van der Waals surface area contributed by atoms with Gasteiger partial charge in [0, 0.05) is 10.4 Å². The highest BCUT2D eigenvalue weighted by molar-refractivity contribution is 9.10. The lowest BCUT2D eigenvalue weighted by atomic mass is 9.92. The van der Waals surface area contributed by atoms with Crippen molar-refractivity contribution in [3.63, 3.8) is 0 Å². The van der Waals surface area contributed by atoms with Crippen LogP contribution < -0.4 is 5.73 Å². The summed E-state index contributed by atoms with van der Waals surface area (Å²) in [5, 5.41) is 0. The van der Waals surface area contributed by atoms with Crippen molar-refractivity contribution >= 4 is 15.9 Å². The Balaban J connectivity index is 2.24. The zero-order valence-corrected chi connectivity index (χ0v) is 11.8. The fraction of sp³-hybridized carbons (Fsp3) is 0.200. The second-order valence-electron chi connectivity index (χ2n) is 4.40. The maximum Gasteiger partial charge on any atom is 0.162 e. The third-order valence-electron chi connectivity index (χ3n) is 3.12. The minimum atomic E-state index is -0.816. The molecule has 0 aliphatic carbocycles. The Morgan fingerprint density at radius 2 is 1.74 bits per heavy atom. The van der Waals surface area contributed by atoms with E-state index in [0.717, 1.165) is 16.1 Å². The highest BCUT2D eigenvalue weighted by atomic mass is 79.9. The van der Waals surface area contributed by atoms with Crippen LogP contribution in [-0.2, 0) is 6.42 Å². The Morgan fingerprint density at radius 1 is 1.05 bits per heavy atom. The third kappa shape index (κ3) is 3.39. The number of halogens is 3. The molecule has 100 valence electrons. The summed E-state index contributed by atoms with van der Waals surface area (Å²) in [5.41, 5.74) is 7.13. The normalized spacial score (nSPS) is 12.4. The molecule has 0 bridgehead atoms. The Labute approximate surface area is 119 Å². The number of rotatable bonds is 4. The van der Waals surface area contributed by atoms with E-state index in [9.17, 15) is 8.78 Å². The fourth-order valence-electron chi connectivity index (χ4n) is 2.04. The predicted molar refractivity (Wildman–Crippen MR) is 76.0 cm³/mol. The molecular formula is C15H14BrF2N. The van der Waals surface area contributed by atoms with Gasteiger partial charge in [-0.15, -0.1) is 0 Å². The molecule has 4 heteroatoms. The zero-order chi connectivity index (χ0) is 13.8. The lowest BCUT2D eigenvalue weighted by Crippen LogP contribution is -2.16. The molecule has 0 aromatic heterocycles. The summed E-state index contributed by atoms with van der Waals surface area (Å²) in [6.07, 6.45) is 0.391. The molecule has 1 nitrogen and oxygen atoms in total. The summed E-state index contributed by atoms with van der Waals surface area (Å²) in [4.78, 5) is 0. The van der Waals surface area contributed by atoms with Crippen LogP contribution in [0.15, 0.2) is 46.9 Å². The molecule has 19 heavy (non-hydrogen) atoms. The maximum absolute atomic E-state index is 13.7. The Bertz CT molecular complexity index is 555. The summed E-state index contributed by atoms with van der Waals surface area (Å²) >= 11 is 3.36. The first kappa shape index (κ1) is 14.2. The highest BCUT2D eigenvalue weighted by Crippen LogP contribution is 2.24. The first-order chi connectivity index (χ1) is 9.11. The molecule has 2 aromatic carbocycles. The van der Waals surface area contributed by atoms with Crippen molar-refractivity contribution in [3.8, 4) is 0 Å². The summed E-state index contributed by atoms with van der Waals surface area (Å²) in [5.74, 6) is -1.62. The molecule has 2 rings (SSSR count). The van der Waals surface area contributed by atoms with Gasteiger partial charge in [-0.05, 0) is 42.3 Å². The summed E-state index contributed by atoms with van der Waals surface area (Å²) in [6.45, 7) is 0.386. The van der Waals surface area contributed by atoms with Gasteiger partial charge in [0.25, 0.3) is 0 Å². The van der Waals surface area contributed by atoms with Crippen molar-refractivity contribution in [2.75, 3.05) is 6.54 Å². The Hall–Kier alpha value is -1.26. The molecule has 0 fully saturated rings. The standard InChI is InChI=1S/C15H14BrF2N/c16-13-6-4-10(5-7-13)12(9-19)8-11-2-1-3-14(17)15(11)18/h1-7,12H,8-9,19H2. The van der Waals surface area contributed by atoms with Crippen LogP contribution in [0.1, 0.15) is 17.0 Å². The van der Waals surface area contributed by atoms with E-state index in [1.54, 1.807) is 6.07 Å². The van der Waals surface area contributed by atoms with Gasteiger partial charge < -0.3 is 5.73 Å². The van der Waals surface area contributed by atoms with Crippen molar-refractivity contribution in [1.29, 1.82) is 0 Å². The zero-order valence-electron chi connectivity index (χ0n) is 10.2. The molecule has 0 amide bonds. The minimum Gasteiger partial charge on any atom is -0.330 e. The molecule has 0 radical (unpaired) electrons. The van der Waals surface area contributed by atoms with Gasteiger partial charge in [0.15, 0.2) is 11.6 Å². The second kappa shape index (κ2) is 6.26. The van der Waals surface area contributed by atoms with Gasteiger partial charge in [-0.25, -0.2) is 8.78 Å². The van der Waals surface area contributed by atoms with Crippen LogP contribution in [0.5, 0.6) is 0 Å². The predicted octanol–water partition coefficient (Wildman–Crippen LogP) is 4.01. The van der Waals surface area contributed by atoms with Gasteiger partial charge in [0.1, 0.15) is 0 Å². The Kier molecular flexibility index (Phi) is 4.66.